The van der Waals surface area contributed by atoms with Crippen LogP contribution in [0.4, 0.5) is 4.39 Å². The van der Waals surface area contributed by atoms with Crippen molar-refractivity contribution in [2.75, 3.05) is 40.3 Å². The number of amides is 2. The molecule has 0 radical (unpaired) electrons. The highest BCUT2D eigenvalue weighted by molar-refractivity contribution is 5.82. The number of hydrogen-bond donors (Lipinski definition) is 0. The minimum Gasteiger partial charge on any atom is -0.345 e. The Hall–Kier alpha value is -1.95. The van der Waals surface area contributed by atoms with Gasteiger partial charge >= 0.3 is 0 Å². The van der Waals surface area contributed by atoms with Crippen molar-refractivity contribution in [2.24, 2.45) is 5.92 Å². The van der Waals surface area contributed by atoms with Crippen LogP contribution in [-0.2, 0) is 16.0 Å². The van der Waals surface area contributed by atoms with Crippen LogP contribution >= 0.6 is 0 Å². The van der Waals surface area contributed by atoms with Gasteiger partial charge in [-0.2, -0.15) is 0 Å². The summed E-state index contributed by atoms with van der Waals surface area (Å²) in [7, 11) is 4.07. The van der Waals surface area contributed by atoms with Crippen LogP contribution in [0.15, 0.2) is 24.3 Å². The predicted octanol–water partition coefficient (Wildman–Crippen LogP) is 2.94. The number of carbonyl (C=O) groups excluding carboxylic acids is 2. The first kappa shape index (κ1) is 21.8. The summed E-state index contributed by atoms with van der Waals surface area (Å²) < 4.78 is 13.1. The fourth-order valence-corrected chi connectivity index (χ4v) is 4.57. The molecule has 29 heavy (non-hydrogen) atoms. The summed E-state index contributed by atoms with van der Waals surface area (Å²) in [4.78, 5) is 31.7. The summed E-state index contributed by atoms with van der Waals surface area (Å²) in [6, 6.07) is 6.62. The third kappa shape index (κ3) is 6.01. The molecule has 1 aromatic rings. The van der Waals surface area contributed by atoms with E-state index in [1.54, 1.807) is 17.0 Å². The first-order chi connectivity index (χ1) is 13.9. The van der Waals surface area contributed by atoms with Crippen LogP contribution in [0.1, 0.15) is 44.1 Å². The first-order valence-corrected chi connectivity index (χ1v) is 10.9. The quantitative estimate of drug-likeness (QED) is 0.734. The van der Waals surface area contributed by atoms with E-state index in [0.717, 1.165) is 37.9 Å². The fraction of sp³-hybridized carbons (Fsp3) is 0.652. The Kier molecular flexibility index (Phi) is 7.64. The van der Waals surface area contributed by atoms with Gasteiger partial charge in [0, 0.05) is 32.7 Å². The van der Waals surface area contributed by atoms with Gasteiger partial charge in [-0.3, -0.25) is 9.59 Å². The molecule has 3 rings (SSSR count). The monoisotopic (exact) mass is 403 g/mol. The molecule has 2 heterocycles. The molecule has 0 aliphatic carbocycles. The van der Waals surface area contributed by atoms with Crippen LogP contribution in [-0.4, -0.2) is 72.8 Å². The highest BCUT2D eigenvalue weighted by atomic mass is 19.1. The molecule has 2 fully saturated rings. The Morgan fingerprint density at radius 1 is 1.10 bits per heavy atom. The van der Waals surface area contributed by atoms with E-state index in [-0.39, 0.29) is 30.0 Å². The zero-order valence-electron chi connectivity index (χ0n) is 17.8. The van der Waals surface area contributed by atoms with Crippen molar-refractivity contribution in [1.82, 2.24) is 14.7 Å². The Labute approximate surface area is 173 Å². The van der Waals surface area contributed by atoms with E-state index in [2.05, 4.69) is 11.9 Å². The molecule has 0 aromatic heterocycles. The molecule has 160 valence electrons. The van der Waals surface area contributed by atoms with Crippen LogP contribution < -0.4 is 0 Å². The molecule has 6 heteroatoms. The summed E-state index contributed by atoms with van der Waals surface area (Å²) in [5.74, 6) is -0.245. The van der Waals surface area contributed by atoms with Crippen LogP contribution in [0.25, 0.3) is 0 Å². The molecule has 5 nitrogen and oxygen atoms in total. The van der Waals surface area contributed by atoms with E-state index in [0.29, 0.717) is 19.1 Å². The average molecular weight is 404 g/mol. The molecule has 2 aliphatic heterocycles. The van der Waals surface area contributed by atoms with Crippen molar-refractivity contribution in [3.05, 3.63) is 35.6 Å². The van der Waals surface area contributed by atoms with Gasteiger partial charge in [-0.05, 0) is 63.4 Å². The van der Waals surface area contributed by atoms with Crippen molar-refractivity contribution in [3.63, 3.8) is 0 Å². The van der Waals surface area contributed by atoms with Gasteiger partial charge in [-0.25, -0.2) is 4.39 Å². The third-order valence-corrected chi connectivity index (χ3v) is 6.49. The minimum absolute atomic E-state index is 0.0144. The maximum absolute atomic E-state index is 13.1. The number of likely N-dealkylation sites (tertiary alicyclic amines) is 2. The van der Waals surface area contributed by atoms with Crippen molar-refractivity contribution < 1.29 is 14.0 Å². The summed E-state index contributed by atoms with van der Waals surface area (Å²) in [5, 5.41) is 0. The van der Waals surface area contributed by atoms with E-state index in [4.69, 9.17) is 0 Å². The lowest BCUT2D eigenvalue weighted by Gasteiger charge is -2.36. The topological polar surface area (TPSA) is 43.9 Å². The Morgan fingerprint density at radius 3 is 2.59 bits per heavy atom. The van der Waals surface area contributed by atoms with E-state index in [9.17, 15) is 14.0 Å². The standard InChI is InChI=1S/C23H34FN3O2/c1-25-13-4-3-7-21(25)12-15-26(2)23(29)19-6-5-14-27(17-19)22(28)16-18-8-10-20(24)11-9-18/h8-11,19,21H,3-7,12-17H2,1-2H3/t19-,21-/m0/s1. The van der Waals surface area contributed by atoms with Crippen LogP contribution in [0.5, 0.6) is 0 Å². The van der Waals surface area contributed by atoms with Gasteiger partial charge in [0.15, 0.2) is 0 Å². The van der Waals surface area contributed by atoms with Crippen LogP contribution in [0.2, 0.25) is 0 Å². The SMILES string of the molecule is CN(CC[C@@H]1CCCCN1C)C(=O)[C@H]1CCCN(C(=O)Cc2ccc(F)cc2)C1. The Bertz CT molecular complexity index is 694. The second-order valence-corrected chi connectivity index (χ2v) is 8.66. The first-order valence-electron chi connectivity index (χ1n) is 10.9. The number of nitrogens with zero attached hydrogens (tertiary/aromatic N) is 3. The number of piperidine rings is 2. The molecular weight excluding hydrogens is 369 g/mol. The van der Waals surface area contributed by atoms with Crippen LogP contribution in [0.3, 0.4) is 0 Å². The lowest BCUT2D eigenvalue weighted by atomic mass is 9.95. The molecular formula is C23H34FN3O2. The van der Waals surface area contributed by atoms with Gasteiger partial charge in [-0.15, -0.1) is 0 Å². The normalized spacial score (nSPS) is 23.1. The highest BCUT2D eigenvalue weighted by Crippen LogP contribution is 2.21. The molecule has 1 aromatic carbocycles. The van der Waals surface area contributed by atoms with Crippen molar-refractivity contribution in [1.29, 1.82) is 0 Å². The Morgan fingerprint density at radius 2 is 1.86 bits per heavy atom. The number of carbonyl (C=O) groups is 2. The largest absolute Gasteiger partial charge is 0.345 e. The summed E-state index contributed by atoms with van der Waals surface area (Å²) in [6.07, 6.45) is 6.72. The molecule has 0 spiro atoms. The number of hydrogen-bond acceptors (Lipinski definition) is 3. The number of benzene rings is 1. The molecule has 2 amide bonds. The fourth-order valence-electron chi connectivity index (χ4n) is 4.57. The Balaban J connectivity index is 1.48. The van der Waals surface area contributed by atoms with E-state index in [1.165, 1.54) is 31.4 Å². The van der Waals surface area contributed by atoms with Gasteiger partial charge in [0.2, 0.25) is 11.8 Å². The molecule has 2 atom stereocenters. The second kappa shape index (κ2) is 10.2. The smallest absolute Gasteiger partial charge is 0.227 e. The number of rotatable bonds is 6. The highest BCUT2D eigenvalue weighted by Gasteiger charge is 2.30. The molecule has 0 saturated carbocycles. The van der Waals surface area contributed by atoms with Gasteiger partial charge in [-0.1, -0.05) is 18.6 Å². The van der Waals surface area contributed by atoms with Crippen molar-refractivity contribution in [3.8, 4) is 0 Å². The lowest BCUT2D eigenvalue weighted by molar-refractivity contribution is -0.139. The summed E-state index contributed by atoms with van der Waals surface area (Å²) >= 11 is 0. The van der Waals surface area contributed by atoms with Gasteiger partial charge in [0.25, 0.3) is 0 Å². The van der Waals surface area contributed by atoms with Crippen molar-refractivity contribution >= 4 is 11.8 Å². The lowest BCUT2D eigenvalue weighted by Crippen LogP contribution is -2.47. The zero-order valence-corrected chi connectivity index (χ0v) is 17.8. The minimum atomic E-state index is -0.299. The van der Waals surface area contributed by atoms with E-state index in [1.807, 2.05) is 11.9 Å². The molecule has 0 unspecified atom stereocenters. The molecule has 0 N–H and O–H groups in total. The van der Waals surface area contributed by atoms with E-state index >= 15 is 0 Å². The molecule has 2 aliphatic rings. The van der Waals surface area contributed by atoms with Crippen molar-refractivity contribution in [2.45, 2.75) is 51.0 Å². The number of halogens is 1. The maximum atomic E-state index is 13.1. The van der Waals surface area contributed by atoms with Gasteiger partial charge in [0.05, 0.1) is 12.3 Å². The second-order valence-electron chi connectivity index (χ2n) is 8.66. The molecule has 2 saturated heterocycles. The van der Waals surface area contributed by atoms with Crippen LogP contribution in [0, 0.1) is 11.7 Å². The van der Waals surface area contributed by atoms with Gasteiger partial charge in [0.1, 0.15) is 5.82 Å². The van der Waals surface area contributed by atoms with E-state index < -0.39 is 0 Å². The molecule has 0 bridgehead atoms. The summed E-state index contributed by atoms with van der Waals surface area (Å²) in [5.41, 5.74) is 0.804. The maximum Gasteiger partial charge on any atom is 0.227 e. The predicted molar refractivity (Wildman–Crippen MR) is 112 cm³/mol. The zero-order chi connectivity index (χ0) is 20.8. The average Bonchev–Trinajstić information content (AvgIpc) is 2.74. The summed E-state index contributed by atoms with van der Waals surface area (Å²) in [6.45, 7) is 3.11. The van der Waals surface area contributed by atoms with Gasteiger partial charge < -0.3 is 14.7 Å². The third-order valence-electron chi connectivity index (χ3n) is 6.49.